The SMILES string of the molecule is COc1cc(OC)c([C@@H]2C[C@@H]3CC[C@@H](C)[C@@](O)(O3)C(=O)C(=O)N3CCCC[C@H]3C(=O)O[C@H]([C@H](C)C[C@@H]3CC[C@@H](OCCCCc4cn(CCOCCOCCOCCOCCOCCOCCOCCOCCC(=O)NCCCCn5nc(-c6ccc7oc(N)nc7c6)c6c(N)ncnc65)nn4)[C@H](OC)C3)CC(=O)[C@H](C)/C=C(\C)[C@@H](O)[C@@H](OC)C(=O)[C@H](C)C[C@H](C)/C=C/C=C/C=C/2C)c(OC)c1. The van der Waals surface area contributed by atoms with Crippen molar-refractivity contribution in [3.05, 3.63) is 102 Å². The molecule has 15 atom stereocenters. The van der Waals surface area contributed by atoms with Gasteiger partial charge in [0, 0.05) is 106 Å². The van der Waals surface area contributed by atoms with Gasteiger partial charge in [-0.3, -0.25) is 24.0 Å². The van der Waals surface area contributed by atoms with E-state index >= 15 is 4.79 Å². The predicted octanol–water partition coefficient (Wildman–Crippen LogP) is 10.8. The molecule has 3 aliphatic heterocycles. The second-order valence-corrected chi connectivity index (χ2v) is 36.1. The van der Waals surface area contributed by atoms with Gasteiger partial charge in [0.1, 0.15) is 70.7 Å². The molecule has 1 saturated carbocycles. The number of nitrogens with zero attached hydrogens (tertiary/aromatic N) is 9. The first-order valence-corrected chi connectivity index (χ1v) is 48.5. The number of rotatable bonds is 48. The number of carbonyl (C=O) groups is 6. The summed E-state index contributed by atoms with van der Waals surface area (Å²) in [5, 5.41) is 41.5. The minimum absolute atomic E-state index is 0.0331. The summed E-state index contributed by atoms with van der Waals surface area (Å²) in [6.45, 7) is 21.5. The number of fused-ring (bicyclic) bond motifs is 5. The first-order valence-electron chi connectivity index (χ1n) is 48.5. The van der Waals surface area contributed by atoms with E-state index in [1.807, 2.05) is 76.4 Å². The van der Waals surface area contributed by atoms with E-state index in [2.05, 4.69) is 30.6 Å². The molecule has 10 rings (SSSR count). The van der Waals surface area contributed by atoms with Crippen LogP contribution >= 0.6 is 0 Å². The smallest absolute Gasteiger partial charge is 0.329 e. The maximum Gasteiger partial charge on any atom is 0.329 e. The van der Waals surface area contributed by atoms with Gasteiger partial charge in [0.25, 0.3) is 17.7 Å². The topological polar surface area (TPSA) is 458 Å². The van der Waals surface area contributed by atoms with Gasteiger partial charge in [0.2, 0.25) is 11.7 Å². The first-order chi connectivity index (χ1) is 66.2. The average molecular weight is 1920 g/mol. The summed E-state index contributed by atoms with van der Waals surface area (Å²) < 4.78 is 103. The number of esters is 1. The Morgan fingerprint density at radius 3 is 2.02 bits per heavy atom. The molecule has 2 bridgehead atoms. The van der Waals surface area contributed by atoms with Gasteiger partial charge in [-0.25, -0.2) is 24.1 Å². The van der Waals surface area contributed by atoms with Crippen LogP contribution in [0.3, 0.4) is 0 Å². The standard InChI is InChI=1S/C100H148N12O25/c1-65-22-14-13-15-23-66(2)77(88-85(123-10)60-76(121-8)61-86(88)124-11)59-75-29-26-71(7)100(120,137-75)94(117)97(118)111-34-19-16-25-79(111)98(119)135-83(62-80(113)67(3)55-70(6)92(116)93(125-12)91(115)69(5)54-65)68(4)56-72-27-30-82(84(57-72)122-9)134-37-21-17-24-74-63-110(109-107-74)36-39-127-41-43-129-45-47-131-49-51-133-53-52-132-50-48-130-46-44-128-42-40-126-38-32-87(114)103-33-18-20-35-112-96-89(95(101)104-64-105-96)90(108-112)73-28-31-81-78(58-73)106-99(102)136-81/h13-15,22-23,28,31,55,58,60-61,63-65,67-69,71-72,75,77,79,82-84,92-93,116,120H,16-21,24-27,29-30,32-54,56-57,59,62H2,1-12H3,(H2,102,106)(H,103,114)(H2,101,104,105)/b15-13+,22-14+,66-23+,70-55+/t65-,67-,68-,69-,71-,72+,75+,77-,79+,82-,83+,84-,92-,93+,100-/m1/s1. The molecule has 137 heavy (non-hydrogen) atoms. The molecule has 7 N–H and O–H groups in total. The number of methoxy groups -OCH3 is 5. The van der Waals surface area contributed by atoms with Crippen LogP contribution in [0.1, 0.15) is 175 Å². The molecule has 2 amide bonds. The third-order valence-electron chi connectivity index (χ3n) is 26.0. The van der Waals surface area contributed by atoms with Crippen molar-refractivity contribution in [2.45, 2.75) is 232 Å². The lowest BCUT2D eigenvalue weighted by Crippen LogP contribution is -2.60. The number of carbonyl (C=O) groups excluding carboxylic acids is 6. The second-order valence-electron chi connectivity index (χ2n) is 36.1. The summed E-state index contributed by atoms with van der Waals surface area (Å²) in [6.07, 6.45) is 19.1. The zero-order chi connectivity index (χ0) is 98.2. The molecule has 758 valence electrons. The van der Waals surface area contributed by atoms with Crippen LogP contribution in [0.4, 0.5) is 11.8 Å². The number of nitrogens with one attached hydrogen (secondary N) is 1. The van der Waals surface area contributed by atoms with E-state index in [-0.39, 0.29) is 86.4 Å². The van der Waals surface area contributed by atoms with Gasteiger partial charge in [0.05, 0.1) is 163 Å². The molecule has 3 fully saturated rings. The molecular weight excluding hydrogens is 1770 g/mol. The second kappa shape index (κ2) is 57.2. The summed E-state index contributed by atoms with van der Waals surface area (Å²) in [5.74, 6) is -7.42. The maximum atomic E-state index is 15.0. The molecule has 37 nitrogen and oxygen atoms in total. The number of hydrogen-bond acceptors (Lipinski definition) is 33. The number of Topliss-reactive ketones (excluding diaryl/α,β-unsaturated/α-hetero) is 3. The number of allylic oxidation sites excluding steroid dienone is 7. The number of nitrogen functional groups attached to an aromatic ring is 2. The zero-order valence-electron chi connectivity index (χ0n) is 82.1. The Bertz CT molecular complexity index is 4860. The number of nitrogens with two attached hydrogens (primary N) is 2. The van der Waals surface area contributed by atoms with Gasteiger partial charge in [-0.1, -0.05) is 81.9 Å². The number of hydrogen-bond donors (Lipinski definition) is 5. The van der Waals surface area contributed by atoms with Crippen LogP contribution in [0.15, 0.2) is 94.9 Å². The highest BCUT2D eigenvalue weighted by Crippen LogP contribution is 2.47. The molecule has 37 heteroatoms. The van der Waals surface area contributed by atoms with Gasteiger partial charge < -0.3 is 112 Å². The van der Waals surface area contributed by atoms with Crippen LogP contribution < -0.4 is 31.0 Å². The van der Waals surface area contributed by atoms with E-state index in [1.54, 1.807) is 82.8 Å². The molecule has 4 aliphatic rings. The molecule has 1 aliphatic carbocycles. The van der Waals surface area contributed by atoms with Crippen LogP contribution in [0.5, 0.6) is 17.2 Å². The number of anilines is 2. The number of unbranched alkanes of at least 4 members (excludes halogenated alkanes) is 2. The number of aryl methyl sites for hydroxylation is 2. The van der Waals surface area contributed by atoms with E-state index in [1.165, 1.54) is 18.3 Å². The fraction of sp³-hybridized carbons (Fsp3) is 0.660. The van der Waals surface area contributed by atoms with Crippen molar-refractivity contribution in [3.8, 4) is 28.5 Å². The van der Waals surface area contributed by atoms with Crippen molar-refractivity contribution in [1.29, 1.82) is 0 Å². The van der Waals surface area contributed by atoms with Gasteiger partial charge in [-0.05, 0) is 158 Å². The molecular formula is C100H148N12O25. The van der Waals surface area contributed by atoms with E-state index in [0.717, 1.165) is 55.4 Å². The Morgan fingerprint density at radius 2 is 1.36 bits per heavy atom. The average Bonchev–Trinajstić information content (AvgIpc) is 1.70. The largest absolute Gasteiger partial charge is 0.496 e. The van der Waals surface area contributed by atoms with Gasteiger partial charge in [0.15, 0.2) is 17.0 Å². The molecule has 7 heterocycles. The molecule has 4 aromatic heterocycles. The Kier molecular flexibility index (Phi) is 45.7. The summed E-state index contributed by atoms with van der Waals surface area (Å²) in [4.78, 5) is 100. The monoisotopic (exact) mass is 1920 g/mol. The van der Waals surface area contributed by atoms with Crippen LogP contribution in [0.2, 0.25) is 0 Å². The number of piperidine rings is 1. The molecule has 0 spiro atoms. The minimum atomic E-state index is -2.56. The van der Waals surface area contributed by atoms with E-state index in [0.29, 0.717) is 239 Å². The predicted molar refractivity (Wildman–Crippen MR) is 510 cm³/mol. The number of aliphatic hydroxyl groups excluding tert-OH is 1. The highest BCUT2D eigenvalue weighted by Gasteiger charge is 2.54. The minimum Gasteiger partial charge on any atom is -0.496 e. The van der Waals surface area contributed by atoms with E-state index < -0.39 is 83.5 Å². The molecule has 2 saturated heterocycles. The van der Waals surface area contributed by atoms with Crippen LogP contribution in [-0.4, -0.2) is 299 Å². The number of ether oxygens (including phenoxy) is 16. The van der Waals surface area contributed by atoms with Crippen molar-refractivity contribution >= 4 is 69.1 Å². The molecule has 6 aromatic rings. The highest BCUT2D eigenvalue weighted by molar-refractivity contribution is 6.39. The Balaban J connectivity index is 0.573. The first kappa shape index (κ1) is 109. The third kappa shape index (κ3) is 33.0. The van der Waals surface area contributed by atoms with E-state index in [9.17, 15) is 34.2 Å². The lowest BCUT2D eigenvalue weighted by atomic mass is 9.78. The third-order valence-corrected chi connectivity index (χ3v) is 26.0. The summed E-state index contributed by atoms with van der Waals surface area (Å²) in [6, 6.07) is 7.88. The normalized spacial score (nSPS) is 25.4. The van der Waals surface area contributed by atoms with Crippen LogP contribution in [0.25, 0.3) is 33.4 Å². The fourth-order valence-corrected chi connectivity index (χ4v) is 18.1. The highest BCUT2D eigenvalue weighted by atomic mass is 16.6. The van der Waals surface area contributed by atoms with Gasteiger partial charge >= 0.3 is 5.97 Å². The number of oxazole rings is 1. The lowest BCUT2D eigenvalue weighted by molar-refractivity contribution is -0.264. The number of aromatic nitrogens is 8. The summed E-state index contributed by atoms with van der Waals surface area (Å²) in [5.41, 5.74) is 18.0. The number of ketones is 3. The van der Waals surface area contributed by atoms with Gasteiger partial charge in [-0.15, -0.1) is 5.10 Å². The van der Waals surface area contributed by atoms with Gasteiger partial charge in [-0.2, -0.15) is 10.1 Å². The van der Waals surface area contributed by atoms with Crippen molar-refractivity contribution in [2.75, 3.05) is 172 Å². The quantitative estimate of drug-likeness (QED) is 0.0102. The van der Waals surface area contributed by atoms with Crippen molar-refractivity contribution in [2.24, 2.45) is 35.5 Å². The molecule has 2 aromatic carbocycles. The fourth-order valence-electron chi connectivity index (χ4n) is 18.1. The molecule has 0 unspecified atom stereocenters. The van der Waals surface area contributed by atoms with Crippen molar-refractivity contribution in [3.63, 3.8) is 0 Å². The zero-order valence-corrected chi connectivity index (χ0v) is 82.1. The van der Waals surface area contributed by atoms with Crippen LogP contribution in [-0.2, 0) is 110 Å². The lowest BCUT2D eigenvalue weighted by Gasteiger charge is -2.43. The summed E-state index contributed by atoms with van der Waals surface area (Å²) >= 11 is 0. The van der Waals surface area contributed by atoms with Crippen molar-refractivity contribution < 1.29 is 119 Å². The number of cyclic esters (lactones) is 1. The van der Waals surface area contributed by atoms with Crippen molar-refractivity contribution in [1.82, 2.24) is 49.9 Å². The van der Waals surface area contributed by atoms with Crippen LogP contribution in [0, 0.1) is 35.5 Å². The number of amides is 2. The maximum absolute atomic E-state index is 15.0. The Hall–Kier alpha value is -9.58. The Labute approximate surface area is 804 Å². The number of benzene rings is 2. The van der Waals surface area contributed by atoms with E-state index in [4.69, 9.17) is 96.8 Å². The summed E-state index contributed by atoms with van der Waals surface area (Å²) in [7, 11) is 7.71. The number of aliphatic hydroxyl groups is 2. The molecule has 0 radical (unpaired) electrons. The Morgan fingerprint density at radius 1 is 0.693 bits per heavy atom.